The Balaban J connectivity index is 1.80. The first-order valence-corrected chi connectivity index (χ1v) is 9.20. The lowest BCUT2D eigenvalue weighted by atomic mass is 10.1. The van der Waals surface area contributed by atoms with Crippen molar-refractivity contribution in [2.24, 2.45) is 4.99 Å². The van der Waals surface area contributed by atoms with E-state index in [9.17, 15) is 9.50 Å². The van der Waals surface area contributed by atoms with E-state index < -0.39 is 6.10 Å². The molecule has 0 saturated heterocycles. The van der Waals surface area contributed by atoms with Gasteiger partial charge in [0.05, 0.1) is 25.4 Å². The van der Waals surface area contributed by atoms with Crippen molar-refractivity contribution in [2.75, 3.05) is 19.7 Å². The van der Waals surface area contributed by atoms with Gasteiger partial charge in [0.15, 0.2) is 5.96 Å². The molecule has 0 fully saturated rings. The number of benzene rings is 2. The number of guanidine groups is 1. The van der Waals surface area contributed by atoms with Crippen LogP contribution in [0.15, 0.2) is 59.6 Å². The van der Waals surface area contributed by atoms with Crippen molar-refractivity contribution in [3.8, 4) is 0 Å². The number of hydrogen-bond donors (Lipinski definition) is 3. The molecule has 0 spiro atoms. The zero-order chi connectivity index (χ0) is 19.5. The predicted molar refractivity (Wildman–Crippen MR) is 106 cm³/mol. The first-order chi connectivity index (χ1) is 13.1. The normalized spacial score (nSPS) is 13.9. The zero-order valence-electron chi connectivity index (χ0n) is 15.9. The zero-order valence-corrected chi connectivity index (χ0v) is 15.9. The molecule has 0 aromatic heterocycles. The van der Waals surface area contributed by atoms with Crippen molar-refractivity contribution in [3.05, 3.63) is 71.5 Å². The molecule has 0 aliphatic rings. The van der Waals surface area contributed by atoms with Gasteiger partial charge in [0.2, 0.25) is 0 Å². The number of ether oxygens (including phenoxy) is 1. The second kappa shape index (κ2) is 11.3. The Morgan fingerprint density at radius 2 is 1.81 bits per heavy atom. The maximum Gasteiger partial charge on any atom is 0.191 e. The molecular formula is C21H28FN3O2. The van der Waals surface area contributed by atoms with Crippen molar-refractivity contribution < 1.29 is 14.2 Å². The predicted octanol–water partition coefficient (Wildman–Crippen LogP) is 3.02. The van der Waals surface area contributed by atoms with E-state index in [0.29, 0.717) is 18.1 Å². The third-order valence-corrected chi connectivity index (χ3v) is 4.02. The Bertz CT molecular complexity index is 710. The van der Waals surface area contributed by atoms with Gasteiger partial charge in [0, 0.05) is 18.7 Å². The van der Waals surface area contributed by atoms with Crippen molar-refractivity contribution >= 4 is 5.96 Å². The number of aliphatic hydroxyl groups is 1. The summed E-state index contributed by atoms with van der Waals surface area (Å²) in [6.07, 6.45) is -0.780. The quantitative estimate of drug-likeness (QED) is 0.467. The Morgan fingerprint density at radius 1 is 1.11 bits per heavy atom. The Kier molecular flexibility index (Phi) is 8.74. The highest BCUT2D eigenvalue weighted by molar-refractivity contribution is 5.79. The fourth-order valence-corrected chi connectivity index (χ4v) is 2.48. The average Bonchev–Trinajstić information content (AvgIpc) is 2.70. The number of hydrogen-bond acceptors (Lipinski definition) is 3. The number of halogens is 1. The van der Waals surface area contributed by atoms with Crippen LogP contribution in [-0.4, -0.2) is 36.9 Å². The highest BCUT2D eigenvalue weighted by Crippen LogP contribution is 2.15. The molecule has 0 radical (unpaired) electrons. The van der Waals surface area contributed by atoms with Crippen LogP contribution in [0, 0.1) is 5.82 Å². The van der Waals surface area contributed by atoms with Gasteiger partial charge in [-0.15, -0.1) is 0 Å². The van der Waals surface area contributed by atoms with Crippen LogP contribution in [0.5, 0.6) is 0 Å². The molecule has 146 valence electrons. The number of rotatable bonds is 9. The van der Waals surface area contributed by atoms with E-state index in [1.54, 1.807) is 18.2 Å². The smallest absolute Gasteiger partial charge is 0.191 e. The first kappa shape index (κ1) is 20.9. The lowest BCUT2D eigenvalue weighted by Gasteiger charge is -2.18. The van der Waals surface area contributed by atoms with E-state index in [-0.39, 0.29) is 31.6 Å². The molecule has 6 heteroatoms. The van der Waals surface area contributed by atoms with E-state index in [1.807, 2.05) is 44.2 Å². The van der Waals surface area contributed by atoms with E-state index in [0.717, 1.165) is 5.56 Å². The lowest BCUT2D eigenvalue weighted by Crippen LogP contribution is -2.42. The molecule has 0 heterocycles. The van der Waals surface area contributed by atoms with Crippen molar-refractivity contribution in [1.82, 2.24) is 10.6 Å². The van der Waals surface area contributed by atoms with E-state index in [1.165, 1.54) is 6.07 Å². The summed E-state index contributed by atoms with van der Waals surface area (Å²) in [5.74, 6) is 0.247. The lowest BCUT2D eigenvalue weighted by molar-refractivity contribution is -0.000599. The molecule has 2 aromatic carbocycles. The van der Waals surface area contributed by atoms with Gasteiger partial charge in [-0.3, -0.25) is 0 Å². The minimum absolute atomic E-state index is 0.0937. The molecule has 3 N–H and O–H groups in total. The second-order valence-electron chi connectivity index (χ2n) is 6.21. The van der Waals surface area contributed by atoms with E-state index in [4.69, 9.17) is 4.74 Å². The molecule has 0 amide bonds. The van der Waals surface area contributed by atoms with Gasteiger partial charge in [0.25, 0.3) is 0 Å². The van der Waals surface area contributed by atoms with Crippen LogP contribution >= 0.6 is 0 Å². The summed E-state index contributed by atoms with van der Waals surface area (Å²) in [6, 6.07) is 16.4. The first-order valence-electron chi connectivity index (χ1n) is 9.20. The van der Waals surface area contributed by atoms with Gasteiger partial charge in [-0.1, -0.05) is 48.5 Å². The van der Waals surface area contributed by atoms with Crippen LogP contribution in [0.2, 0.25) is 0 Å². The van der Waals surface area contributed by atoms with Crippen LogP contribution in [0.4, 0.5) is 4.39 Å². The monoisotopic (exact) mass is 373 g/mol. The molecule has 5 nitrogen and oxygen atoms in total. The van der Waals surface area contributed by atoms with Crippen molar-refractivity contribution in [2.45, 2.75) is 32.6 Å². The third kappa shape index (κ3) is 7.37. The van der Waals surface area contributed by atoms with Crippen LogP contribution < -0.4 is 10.6 Å². The fourth-order valence-electron chi connectivity index (χ4n) is 2.48. The molecule has 0 saturated carbocycles. The molecule has 2 rings (SSSR count). The van der Waals surface area contributed by atoms with Crippen LogP contribution in [-0.2, 0) is 11.3 Å². The van der Waals surface area contributed by atoms with Crippen LogP contribution in [0.1, 0.15) is 31.1 Å². The number of nitrogens with zero attached hydrogens (tertiary/aromatic N) is 1. The van der Waals surface area contributed by atoms with E-state index in [2.05, 4.69) is 15.6 Å². The molecule has 2 unspecified atom stereocenters. The molecule has 2 aromatic rings. The highest BCUT2D eigenvalue weighted by Gasteiger charge is 2.10. The van der Waals surface area contributed by atoms with Gasteiger partial charge in [-0.25, -0.2) is 9.38 Å². The topological polar surface area (TPSA) is 65.9 Å². The minimum Gasteiger partial charge on any atom is -0.389 e. The molecule has 0 bridgehead atoms. The maximum atomic E-state index is 13.7. The van der Waals surface area contributed by atoms with Crippen LogP contribution in [0.25, 0.3) is 0 Å². The number of nitrogens with one attached hydrogen (secondary N) is 2. The molecule has 27 heavy (non-hydrogen) atoms. The largest absolute Gasteiger partial charge is 0.389 e. The molecule has 0 aliphatic carbocycles. The van der Waals surface area contributed by atoms with E-state index >= 15 is 0 Å². The van der Waals surface area contributed by atoms with Gasteiger partial charge < -0.3 is 20.5 Å². The Hall–Kier alpha value is -2.44. The highest BCUT2D eigenvalue weighted by atomic mass is 19.1. The SMILES string of the molecule is CCNC(=NCc1ccccc1F)NCC(O)COC(C)c1ccccc1. The average molecular weight is 373 g/mol. The van der Waals surface area contributed by atoms with Crippen molar-refractivity contribution in [3.63, 3.8) is 0 Å². The molecular weight excluding hydrogens is 345 g/mol. The summed E-state index contributed by atoms with van der Waals surface area (Å²) in [7, 11) is 0. The summed E-state index contributed by atoms with van der Waals surface area (Å²) in [4.78, 5) is 4.36. The molecule has 0 aliphatic heterocycles. The second-order valence-corrected chi connectivity index (χ2v) is 6.21. The van der Waals surface area contributed by atoms with Crippen molar-refractivity contribution in [1.29, 1.82) is 0 Å². The fraction of sp³-hybridized carbons (Fsp3) is 0.381. The minimum atomic E-state index is -0.687. The van der Waals surface area contributed by atoms with Gasteiger partial charge in [-0.05, 0) is 25.5 Å². The van der Waals surface area contributed by atoms with Gasteiger partial charge >= 0.3 is 0 Å². The standard InChI is InChI=1S/C21H28FN3O2/c1-3-23-21(24-13-18-11-7-8-12-20(18)22)25-14-19(26)15-27-16(2)17-9-5-4-6-10-17/h4-12,16,19,26H,3,13-15H2,1-2H3,(H2,23,24,25). The number of aliphatic hydroxyl groups excluding tert-OH is 1. The van der Waals surface area contributed by atoms with Crippen LogP contribution in [0.3, 0.4) is 0 Å². The summed E-state index contributed by atoms with van der Waals surface area (Å²) >= 11 is 0. The maximum absolute atomic E-state index is 13.7. The third-order valence-electron chi connectivity index (χ3n) is 4.02. The summed E-state index contributed by atoms with van der Waals surface area (Å²) < 4.78 is 19.4. The number of aliphatic imine (C=N–C) groups is 1. The van der Waals surface area contributed by atoms with Gasteiger partial charge in [0.1, 0.15) is 5.82 Å². The summed E-state index contributed by atoms with van der Waals surface area (Å²) in [5, 5.41) is 16.3. The summed E-state index contributed by atoms with van der Waals surface area (Å²) in [5.41, 5.74) is 1.59. The Morgan fingerprint density at radius 3 is 2.52 bits per heavy atom. The van der Waals surface area contributed by atoms with Gasteiger partial charge in [-0.2, -0.15) is 0 Å². The summed E-state index contributed by atoms with van der Waals surface area (Å²) in [6.45, 7) is 5.28. The molecule has 2 atom stereocenters. The Labute approximate surface area is 160 Å².